The molecule has 2 rings (SSSR count). The molecule has 90 valence electrons. The van der Waals surface area contributed by atoms with Gasteiger partial charge >= 0.3 is 0 Å². The second-order valence-electron chi connectivity index (χ2n) is 4.32. The zero-order valence-electron chi connectivity index (χ0n) is 10.7. The zero-order valence-corrected chi connectivity index (χ0v) is 10.7. The van der Waals surface area contributed by atoms with Gasteiger partial charge in [0.1, 0.15) is 0 Å². The number of nitrogens with two attached hydrogens (primary N) is 1. The van der Waals surface area contributed by atoms with Crippen LogP contribution in [0.5, 0.6) is 0 Å². The van der Waals surface area contributed by atoms with Gasteiger partial charge in [0.2, 0.25) is 0 Å². The lowest BCUT2D eigenvalue weighted by Crippen LogP contribution is -2.33. The predicted molar refractivity (Wildman–Crippen MR) is 71.9 cm³/mol. The first-order chi connectivity index (χ1) is 7.76. The SMILES string of the molecule is CC.CC1(CCN)CCNc2ccccc21. The number of hydrogen-bond acceptors (Lipinski definition) is 2. The molecule has 1 heterocycles. The molecule has 0 bridgehead atoms. The van der Waals surface area contributed by atoms with Gasteiger partial charge in [-0.25, -0.2) is 0 Å². The van der Waals surface area contributed by atoms with Crippen LogP contribution in [0.15, 0.2) is 24.3 Å². The van der Waals surface area contributed by atoms with Crippen molar-refractivity contribution in [2.24, 2.45) is 5.73 Å². The summed E-state index contributed by atoms with van der Waals surface area (Å²) < 4.78 is 0. The molecule has 0 amide bonds. The highest BCUT2D eigenvalue weighted by Crippen LogP contribution is 2.38. The summed E-state index contributed by atoms with van der Waals surface area (Å²) in [6.45, 7) is 8.15. The van der Waals surface area contributed by atoms with E-state index in [1.165, 1.54) is 17.7 Å². The van der Waals surface area contributed by atoms with Gasteiger partial charge in [0, 0.05) is 12.2 Å². The molecule has 0 aromatic heterocycles. The summed E-state index contributed by atoms with van der Waals surface area (Å²) in [5.74, 6) is 0. The van der Waals surface area contributed by atoms with E-state index in [-0.39, 0.29) is 5.41 Å². The molecular formula is C14H24N2. The molecule has 2 heteroatoms. The maximum Gasteiger partial charge on any atom is 0.0378 e. The molecule has 16 heavy (non-hydrogen) atoms. The number of fused-ring (bicyclic) bond motifs is 1. The van der Waals surface area contributed by atoms with Crippen molar-refractivity contribution in [2.45, 2.75) is 39.0 Å². The van der Waals surface area contributed by atoms with E-state index in [0.717, 1.165) is 19.5 Å². The van der Waals surface area contributed by atoms with Gasteiger partial charge in [0.25, 0.3) is 0 Å². The lowest BCUT2D eigenvalue weighted by molar-refractivity contribution is 0.408. The number of benzene rings is 1. The fourth-order valence-corrected chi connectivity index (χ4v) is 2.35. The molecule has 0 spiro atoms. The molecule has 1 atom stereocenters. The Labute approximate surface area is 99.2 Å². The van der Waals surface area contributed by atoms with Gasteiger partial charge in [-0.1, -0.05) is 39.0 Å². The topological polar surface area (TPSA) is 38.0 Å². The molecule has 1 aliphatic heterocycles. The van der Waals surface area contributed by atoms with Crippen molar-refractivity contribution < 1.29 is 0 Å². The summed E-state index contributed by atoms with van der Waals surface area (Å²) in [7, 11) is 0. The van der Waals surface area contributed by atoms with E-state index in [2.05, 4.69) is 36.5 Å². The first kappa shape index (κ1) is 13.0. The second kappa shape index (κ2) is 5.90. The van der Waals surface area contributed by atoms with Gasteiger partial charge in [-0.2, -0.15) is 0 Å². The maximum atomic E-state index is 5.68. The molecule has 1 aliphatic rings. The Balaban J connectivity index is 0.000000606. The quantitative estimate of drug-likeness (QED) is 0.803. The normalized spacial score (nSPS) is 22.5. The first-order valence-electron chi connectivity index (χ1n) is 6.30. The second-order valence-corrected chi connectivity index (χ2v) is 4.32. The van der Waals surface area contributed by atoms with Crippen molar-refractivity contribution in [3.8, 4) is 0 Å². The molecule has 1 aromatic rings. The van der Waals surface area contributed by atoms with Gasteiger partial charge in [0.05, 0.1) is 0 Å². The van der Waals surface area contributed by atoms with Gasteiger partial charge < -0.3 is 11.1 Å². The molecule has 1 unspecified atom stereocenters. The lowest BCUT2D eigenvalue weighted by atomic mass is 9.74. The predicted octanol–water partition coefficient (Wildman–Crippen LogP) is 3.13. The third-order valence-electron chi connectivity index (χ3n) is 3.27. The summed E-state index contributed by atoms with van der Waals surface area (Å²) in [5, 5.41) is 3.44. The van der Waals surface area contributed by atoms with E-state index in [9.17, 15) is 0 Å². The summed E-state index contributed by atoms with van der Waals surface area (Å²) >= 11 is 0. The summed E-state index contributed by atoms with van der Waals surface area (Å²) in [4.78, 5) is 0. The van der Waals surface area contributed by atoms with Crippen LogP contribution >= 0.6 is 0 Å². The molecular weight excluding hydrogens is 196 g/mol. The van der Waals surface area contributed by atoms with Crippen molar-refractivity contribution in [3.05, 3.63) is 29.8 Å². The Bertz CT molecular complexity index is 322. The van der Waals surface area contributed by atoms with Crippen LogP contribution in [-0.2, 0) is 5.41 Å². The van der Waals surface area contributed by atoms with E-state index in [1.54, 1.807) is 0 Å². The van der Waals surface area contributed by atoms with Crippen molar-refractivity contribution in [3.63, 3.8) is 0 Å². The maximum absolute atomic E-state index is 5.68. The molecule has 0 radical (unpaired) electrons. The van der Waals surface area contributed by atoms with Crippen molar-refractivity contribution in [1.29, 1.82) is 0 Å². The van der Waals surface area contributed by atoms with Crippen molar-refractivity contribution in [1.82, 2.24) is 0 Å². The average Bonchev–Trinajstić information content (AvgIpc) is 2.33. The van der Waals surface area contributed by atoms with Gasteiger partial charge in [-0.15, -0.1) is 0 Å². The number of para-hydroxylation sites is 1. The highest BCUT2D eigenvalue weighted by atomic mass is 14.9. The van der Waals surface area contributed by atoms with Crippen LogP contribution in [0.3, 0.4) is 0 Å². The standard InChI is InChI=1S/C12H18N2.C2H6/c1-12(6-8-13)7-9-14-11-5-3-2-4-10(11)12;1-2/h2-5,14H,6-9,13H2,1H3;1-2H3. The Morgan fingerprint density at radius 3 is 2.69 bits per heavy atom. The van der Waals surface area contributed by atoms with Gasteiger partial charge in [-0.05, 0) is 36.4 Å². The van der Waals surface area contributed by atoms with E-state index < -0.39 is 0 Å². The fraction of sp³-hybridized carbons (Fsp3) is 0.571. The monoisotopic (exact) mass is 220 g/mol. The molecule has 1 aromatic carbocycles. The molecule has 0 aliphatic carbocycles. The van der Waals surface area contributed by atoms with E-state index in [4.69, 9.17) is 5.73 Å². The Morgan fingerprint density at radius 1 is 1.31 bits per heavy atom. The zero-order chi connectivity index (χ0) is 12.0. The third kappa shape index (κ3) is 2.56. The Hall–Kier alpha value is -1.02. The average molecular weight is 220 g/mol. The first-order valence-corrected chi connectivity index (χ1v) is 6.30. The minimum Gasteiger partial charge on any atom is -0.385 e. The van der Waals surface area contributed by atoms with Crippen LogP contribution in [0.25, 0.3) is 0 Å². The fourth-order valence-electron chi connectivity index (χ4n) is 2.35. The Kier molecular flexibility index (Phi) is 4.81. The summed E-state index contributed by atoms with van der Waals surface area (Å²) in [6, 6.07) is 8.57. The van der Waals surface area contributed by atoms with Crippen LogP contribution in [0.1, 0.15) is 39.2 Å². The largest absolute Gasteiger partial charge is 0.385 e. The van der Waals surface area contributed by atoms with E-state index in [1.807, 2.05) is 13.8 Å². The minimum atomic E-state index is 0.274. The van der Waals surface area contributed by atoms with Crippen LogP contribution in [0.2, 0.25) is 0 Å². The number of anilines is 1. The Morgan fingerprint density at radius 2 is 2.00 bits per heavy atom. The van der Waals surface area contributed by atoms with Crippen LogP contribution in [0.4, 0.5) is 5.69 Å². The lowest BCUT2D eigenvalue weighted by Gasteiger charge is -2.36. The molecule has 0 fully saturated rings. The van der Waals surface area contributed by atoms with Crippen LogP contribution in [0, 0.1) is 0 Å². The highest BCUT2D eigenvalue weighted by Gasteiger charge is 2.30. The highest BCUT2D eigenvalue weighted by molar-refractivity contribution is 5.56. The van der Waals surface area contributed by atoms with E-state index in [0.29, 0.717) is 0 Å². The summed E-state index contributed by atoms with van der Waals surface area (Å²) in [5.41, 5.74) is 8.67. The minimum absolute atomic E-state index is 0.274. The molecule has 0 saturated carbocycles. The van der Waals surface area contributed by atoms with Crippen molar-refractivity contribution in [2.75, 3.05) is 18.4 Å². The van der Waals surface area contributed by atoms with Crippen LogP contribution in [-0.4, -0.2) is 13.1 Å². The van der Waals surface area contributed by atoms with Crippen LogP contribution < -0.4 is 11.1 Å². The number of rotatable bonds is 2. The number of hydrogen-bond donors (Lipinski definition) is 2. The smallest absolute Gasteiger partial charge is 0.0378 e. The molecule has 2 nitrogen and oxygen atoms in total. The third-order valence-corrected chi connectivity index (χ3v) is 3.27. The molecule has 3 N–H and O–H groups in total. The summed E-state index contributed by atoms with van der Waals surface area (Å²) in [6.07, 6.45) is 2.26. The molecule has 0 saturated heterocycles. The van der Waals surface area contributed by atoms with Gasteiger partial charge in [-0.3, -0.25) is 0 Å². The van der Waals surface area contributed by atoms with Crippen molar-refractivity contribution >= 4 is 5.69 Å². The number of nitrogens with one attached hydrogen (secondary N) is 1. The van der Waals surface area contributed by atoms with E-state index >= 15 is 0 Å². The van der Waals surface area contributed by atoms with Gasteiger partial charge in [0.15, 0.2) is 0 Å².